The Hall–Kier alpha value is -1.97. The molecule has 5 rings (SSSR count). The number of amides is 5. The molecule has 4 atom stereocenters. The number of fused-ring (bicyclic) bond motifs is 1. The summed E-state index contributed by atoms with van der Waals surface area (Å²) in [4.78, 5) is 71.2. The molecule has 12 nitrogen and oxygen atoms in total. The van der Waals surface area contributed by atoms with Gasteiger partial charge in [-0.15, -0.1) is 0 Å². The predicted molar refractivity (Wildman–Crippen MR) is 210 cm³/mol. The van der Waals surface area contributed by atoms with Crippen LogP contribution in [0.3, 0.4) is 0 Å². The van der Waals surface area contributed by atoms with Crippen LogP contribution in [0.1, 0.15) is 138 Å². The van der Waals surface area contributed by atoms with E-state index in [2.05, 4.69) is 33.3 Å². The third kappa shape index (κ3) is 8.94. The van der Waals surface area contributed by atoms with E-state index in [0.717, 1.165) is 77.0 Å². The number of likely N-dealkylation sites (tertiary alicyclic amines) is 1. The van der Waals surface area contributed by atoms with Gasteiger partial charge >= 0.3 is 280 Å². The van der Waals surface area contributed by atoms with Crippen LogP contribution in [-0.2, 0) is 29.0 Å². The van der Waals surface area contributed by atoms with Crippen LogP contribution in [0.4, 0.5) is 4.79 Å². The second-order valence-electron chi connectivity index (χ2n) is 18.2. The van der Waals surface area contributed by atoms with Crippen LogP contribution >= 0.6 is 20.1 Å². The molecule has 0 spiro atoms. The van der Waals surface area contributed by atoms with E-state index in [1.54, 1.807) is 25.7 Å². The van der Waals surface area contributed by atoms with Crippen molar-refractivity contribution in [3.8, 4) is 0 Å². The summed E-state index contributed by atoms with van der Waals surface area (Å²) < 4.78 is 29.0. The van der Waals surface area contributed by atoms with E-state index in [4.69, 9.17) is 0 Å². The van der Waals surface area contributed by atoms with E-state index in [-0.39, 0.29) is 40.9 Å². The number of urea groups is 1. The Morgan fingerprint density at radius 3 is 2.06 bits per heavy atom. The van der Waals surface area contributed by atoms with E-state index in [9.17, 15) is 32.4 Å². The summed E-state index contributed by atoms with van der Waals surface area (Å²) in [6.07, 6.45) is 11.2. The molecule has 0 aromatic heterocycles. The Kier molecular flexibility index (Phi) is 12.4. The molecule has 0 aromatic rings. The third-order valence-corrected chi connectivity index (χ3v) is 20.2. The van der Waals surface area contributed by atoms with Gasteiger partial charge in [0, 0.05) is 0 Å². The van der Waals surface area contributed by atoms with Crippen molar-refractivity contribution >= 4 is 57.5 Å². The fourth-order valence-corrected chi connectivity index (χ4v) is 14.6. The topological polar surface area (TPSA) is 171 Å². The second-order valence-corrected chi connectivity index (χ2v) is 25.6. The number of hydrogen-bond donors (Lipinski definition) is 4. The number of piperidine rings is 1. The number of hydrogen-bond acceptors (Lipinski definition) is 7. The summed E-state index contributed by atoms with van der Waals surface area (Å²) in [6.45, 7) is 13.7. The molecule has 4 N–H and O–H groups in total. The van der Waals surface area contributed by atoms with Gasteiger partial charge in [-0.25, -0.2) is 8.42 Å². The fraction of sp³-hybridized carbons (Fsp3) is 0.868. The molecule has 14 heteroatoms. The zero-order valence-electron chi connectivity index (χ0n) is 32.5. The molecule has 1 saturated heterocycles. The summed E-state index contributed by atoms with van der Waals surface area (Å²) in [5.41, 5.74) is -1.67. The summed E-state index contributed by atoms with van der Waals surface area (Å²) in [5, 5.41) is 8.96. The second kappa shape index (κ2) is 15.6. The molecule has 4 aliphatic carbocycles. The number of halogens is 1. The summed E-state index contributed by atoms with van der Waals surface area (Å²) in [6, 6.07) is -2.26. The van der Waals surface area contributed by atoms with Crippen LogP contribution in [-0.4, -0.2) is 86.0 Å². The molecule has 52 heavy (non-hydrogen) atoms. The van der Waals surface area contributed by atoms with Gasteiger partial charge < -0.3 is 0 Å². The van der Waals surface area contributed by atoms with Gasteiger partial charge in [0.15, 0.2) is 0 Å². The number of nitrogens with zero attached hydrogens (tertiary/aromatic N) is 1. The molecule has 5 fully saturated rings. The standard InChI is InChI=1S/C38H64IN5O7S/c1-8-9-22-39(30(45)32(47)40-25-16-17-25)43-31(46)28-27-26(36(27,5)6)23-44(28)33(48)29(37(7)18-12-10-13-19-37)41-34(49)42-38(20-14-11-15-21-38)24-52(50,51)35(2,3)4/h25-29H,8-24H2,1-7H3,(H,40,47)(H,43,46)(H2,41,42,49)/t26?,27?,28-,29+/m0/s1. The predicted octanol–water partition coefficient (Wildman–Crippen LogP) is 5.17. The summed E-state index contributed by atoms with van der Waals surface area (Å²) in [7, 11) is -3.56. The van der Waals surface area contributed by atoms with Gasteiger partial charge in [0.2, 0.25) is 0 Å². The molecule has 0 radical (unpaired) electrons. The zero-order chi connectivity index (χ0) is 38.3. The van der Waals surface area contributed by atoms with Crippen molar-refractivity contribution in [3.63, 3.8) is 0 Å². The molecule has 5 aliphatic rings. The first-order chi connectivity index (χ1) is 24.3. The van der Waals surface area contributed by atoms with Crippen molar-refractivity contribution in [1.82, 2.24) is 24.4 Å². The molecule has 4 saturated carbocycles. The van der Waals surface area contributed by atoms with Crippen molar-refractivity contribution in [1.29, 1.82) is 0 Å². The normalized spacial score (nSPS) is 27.0. The van der Waals surface area contributed by atoms with Gasteiger partial charge in [-0.1, -0.05) is 6.42 Å². The molecule has 0 bridgehead atoms. The summed E-state index contributed by atoms with van der Waals surface area (Å²) in [5.74, 6) is -1.46. The number of unbranched alkanes of at least 4 members (excludes halogenated alkanes) is 1. The monoisotopic (exact) mass is 861 g/mol. The quantitative estimate of drug-likeness (QED) is 0.0615. The first-order valence-electron chi connectivity index (χ1n) is 19.7. The molecule has 1 heterocycles. The van der Waals surface area contributed by atoms with Gasteiger partial charge in [0.05, 0.1) is 4.75 Å². The van der Waals surface area contributed by atoms with Crippen molar-refractivity contribution in [2.24, 2.45) is 22.7 Å². The van der Waals surface area contributed by atoms with Crippen LogP contribution in [0.2, 0.25) is 0 Å². The van der Waals surface area contributed by atoms with Crippen LogP contribution < -0.4 is 19.5 Å². The molecule has 2 unspecified atom stereocenters. The van der Waals surface area contributed by atoms with Crippen LogP contribution in [0.15, 0.2) is 0 Å². The molecule has 1 aliphatic heterocycles. The van der Waals surface area contributed by atoms with Gasteiger partial charge in [0.25, 0.3) is 0 Å². The molecule has 5 amide bonds. The number of carbonyl (C=O) groups excluding carboxylic acids is 5. The molecular formula is C38H64IN5O7S. The van der Waals surface area contributed by atoms with E-state index in [1.807, 2.05) is 13.8 Å². The number of carbonyl (C=O) groups is 5. The van der Waals surface area contributed by atoms with E-state index in [1.165, 1.54) is 0 Å². The minimum atomic E-state index is -3.56. The Morgan fingerprint density at radius 1 is 0.904 bits per heavy atom. The average Bonchev–Trinajstić information content (AvgIpc) is 3.92. The number of sulfone groups is 1. The SMILES string of the molecule is CCCCI(NC(=O)[C@@H]1C2C(CN1C(=O)[C@@H](NC(=O)NC1(CS(=O)(=O)C(C)(C)C)CCCCC1)C1(C)CCCCC1)C2(C)C)C(=O)C(=O)NC1CC1. The van der Waals surface area contributed by atoms with Gasteiger partial charge in [-0.05, 0) is 20.8 Å². The van der Waals surface area contributed by atoms with Gasteiger partial charge in [0.1, 0.15) is 0 Å². The third-order valence-electron chi connectivity index (χ3n) is 12.7. The van der Waals surface area contributed by atoms with Gasteiger partial charge in [-0.3, -0.25) is 0 Å². The fourth-order valence-electron chi connectivity index (χ4n) is 8.87. The zero-order valence-corrected chi connectivity index (χ0v) is 35.5. The Labute approximate surface area is 318 Å². The number of alkyl halides is 1. The van der Waals surface area contributed by atoms with Crippen LogP contribution in [0.5, 0.6) is 0 Å². The van der Waals surface area contributed by atoms with Crippen LogP contribution in [0.25, 0.3) is 0 Å². The molecule has 296 valence electrons. The summed E-state index contributed by atoms with van der Waals surface area (Å²) >= 11 is -2.95. The number of rotatable bonds is 14. The van der Waals surface area contributed by atoms with Crippen molar-refractivity contribution in [2.45, 2.75) is 167 Å². The van der Waals surface area contributed by atoms with E-state index >= 15 is 0 Å². The maximum atomic E-state index is 14.9. The average molecular weight is 862 g/mol. The maximum absolute atomic E-state index is 14.9. The minimum absolute atomic E-state index is 0.0330. The first kappa shape index (κ1) is 41.2. The van der Waals surface area contributed by atoms with Crippen molar-refractivity contribution in [2.75, 3.05) is 16.7 Å². The van der Waals surface area contributed by atoms with Crippen molar-refractivity contribution < 1.29 is 32.4 Å². The number of nitrogens with one attached hydrogen (secondary N) is 4. The van der Waals surface area contributed by atoms with Crippen molar-refractivity contribution in [3.05, 3.63) is 0 Å². The van der Waals surface area contributed by atoms with E-state index < -0.39 is 73.4 Å². The first-order valence-corrected chi connectivity index (χ1v) is 25.0. The van der Waals surface area contributed by atoms with Gasteiger partial charge in [-0.2, -0.15) is 0 Å². The van der Waals surface area contributed by atoms with E-state index in [0.29, 0.717) is 23.8 Å². The molecular weight excluding hydrogens is 797 g/mol. The Morgan fingerprint density at radius 2 is 1.50 bits per heavy atom. The molecule has 0 aromatic carbocycles. The Balaban J connectivity index is 1.39. The Bertz CT molecular complexity index is 1490. The van der Waals surface area contributed by atoms with Crippen LogP contribution in [0, 0.1) is 22.7 Å².